The fourth-order valence-corrected chi connectivity index (χ4v) is 1.80. The molecule has 1 aromatic carbocycles. The Labute approximate surface area is 101 Å². The van der Waals surface area contributed by atoms with Crippen LogP contribution in [0, 0.1) is 24.0 Å². The van der Waals surface area contributed by atoms with E-state index in [1.807, 2.05) is 20.8 Å². The standard InChI is InChI=1S/C13H17ClF2/c1-5-13(3,4)12(14)9-6-8(2)10(15)7-11(9)16/h6-7,12H,5H2,1-4H3. The van der Waals surface area contributed by atoms with Crippen LogP contribution in [0.1, 0.15) is 43.7 Å². The summed E-state index contributed by atoms with van der Waals surface area (Å²) < 4.78 is 26.7. The van der Waals surface area contributed by atoms with Crippen molar-refractivity contribution in [3.8, 4) is 0 Å². The van der Waals surface area contributed by atoms with Gasteiger partial charge in [-0.3, -0.25) is 0 Å². The zero-order valence-corrected chi connectivity index (χ0v) is 10.8. The van der Waals surface area contributed by atoms with E-state index in [-0.39, 0.29) is 5.41 Å². The van der Waals surface area contributed by atoms with E-state index < -0.39 is 17.0 Å². The number of aryl methyl sites for hydroxylation is 1. The molecule has 90 valence electrons. The molecule has 0 aliphatic rings. The van der Waals surface area contributed by atoms with Crippen molar-refractivity contribution in [3.63, 3.8) is 0 Å². The van der Waals surface area contributed by atoms with Gasteiger partial charge in [0.1, 0.15) is 11.6 Å². The highest BCUT2D eigenvalue weighted by atomic mass is 35.5. The average molecular weight is 247 g/mol. The fourth-order valence-electron chi connectivity index (χ4n) is 1.47. The molecule has 0 aliphatic carbocycles. The summed E-state index contributed by atoms with van der Waals surface area (Å²) in [6.07, 6.45) is 0.830. The maximum absolute atomic E-state index is 13.6. The summed E-state index contributed by atoms with van der Waals surface area (Å²) in [6, 6.07) is 2.41. The number of hydrogen-bond donors (Lipinski definition) is 0. The molecule has 0 nitrogen and oxygen atoms in total. The average Bonchev–Trinajstić information content (AvgIpc) is 2.22. The Morgan fingerprint density at radius 2 is 1.81 bits per heavy atom. The van der Waals surface area contributed by atoms with Crippen molar-refractivity contribution >= 4 is 11.6 Å². The highest BCUT2D eigenvalue weighted by molar-refractivity contribution is 6.21. The van der Waals surface area contributed by atoms with E-state index in [4.69, 9.17) is 11.6 Å². The lowest BCUT2D eigenvalue weighted by atomic mass is 9.82. The summed E-state index contributed by atoms with van der Waals surface area (Å²) in [5.74, 6) is -1.09. The largest absolute Gasteiger partial charge is 0.207 e. The predicted octanol–water partition coefficient (Wildman–Crippen LogP) is 4.99. The van der Waals surface area contributed by atoms with Crippen molar-refractivity contribution in [1.29, 1.82) is 0 Å². The van der Waals surface area contributed by atoms with Gasteiger partial charge in [-0.15, -0.1) is 11.6 Å². The van der Waals surface area contributed by atoms with E-state index in [0.717, 1.165) is 12.5 Å². The van der Waals surface area contributed by atoms with Gasteiger partial charge in [-0.2, -0.15) is 0 Å². The summed E-state index contributed by atoms with van der Waals surface area (Å²) in [5, 5.41) is -0.447. The summed E-state index contributed by atoms with van der Waals surface area (Å²) >= 11 is 6.27. The molecule has 0 radical (unpaired) electrons. The van der Waals surface area contributed by atoms with Crippen LogP contribution in [0.2, 0.25) is 0 Å². The van der Waals surface area contributed by atoms with Gasteiger partial charge >= 0.3 is 0 Å². The van der Waals surface area contributed by atoms with Crippen molar-refractivity contribution in [2.75, 3.05) is 0 Å². The Bertz CT molecular complexity index is 386. The summed E-state index contributed by atoms with van der Waals surface area (Å²) in [5.41, 5.74) is 0.591. The zero-order valence-electron chi connectivity index (χ0n) is 10.1. The molecule has 1 rings (SSSR count). The first-order valence-corrected chi connectivity index (χ1v) is 5.83. The number of hydrogen-bond acceptors (Lipinski definition) is 0. The van der Waals surface area contributed by atoms with Gasteiger partial charge in [-0.1, -0.05) is 20.8 Å². The Morgan fingerprint density at radius 3 is 2.31 bits per heavy atom. The van der Waals surface area contributed by atoms with E-state index in [1.165, 1.54) is 6.07 Å². The molecule has 0 spiro atoms. The molecule has 1 aromatic rings. The van der Waals surface area contributed by atoms with Gasteiger partial charge in [0.05, 0.1) is 5.38 Å². The van der Waals surface area contributed by atoms with Crippen LogP contribution in [0.5, 0.6) is 0 Å². The molecule has 0 fully saturated rings. The van der Waals surface area contributed by atoms with E-state index in [0.29, 0.717) is 11.1 Å². The number of benzene rings is 1. The minimum Gasteiger partial charge on any atom is -0.207 e. The van der Waals surface area contributed by atoms with Crippen LogP contribution < -0.4 is 0 Å². The molecule has 0 saturated carbocycles. The maximum atomic E-state index is 13.6. The first-order valence-electron chi connectivity index (χ1n) is 5.39. The molecule has 1 unspecified atom stereocenters. The highest BCUT2D eigenvalue weighted by Crippen LogP contribution is 2.42. The third-order valence-electron chi connectivity index (χ3n) is 3.15. The van der Waals surface area contributed by atoms with Crippen molar-refractivity contribution < 1.29 is 8.78 Å². The molecule has 0 aromatic heterocycles. The minimum atomic E-state index is -0.565. The first kappa shape index (κ1) is 13.4. The van der Waals surface area contributed by atoms with Gasteiger partial charge in [0.25, 0.3) is 0 Å². The molecule has 0 bridgehead atoms. The number of rotatable bonds is 3. The predicted molar refractivity (Wildman–Crippen MR) is 63.8 cm³/mol. The van der Waals surface area contributed by atoms with E-state index in [9.17, 15) is 8.78 Å². The van der Waals surface area contributed by atoms with Crippen LogP contribution in [0.15, 0.2) is 12.1 Å². The number of halogens is 3. The van der Waals surface area contributed by atoms with Crippen LogP contribution in [0.25, 0.3) is 0 Å². The fraction of sp³-hybridized carbons (Fsp3) is 0.538. The molecule has 0 saturated heterocycles. The molecule has 0 amide bonds. The van der Waals surface area contributed by atoms with Crippen molar-refractivity contribution in [3.05, 3.63) is 34.9 Å². The lowest BCUT2D eigenvalue weighted by Crippen LogP contribution is -2.18. The van der Waals surface area contributed by atoms with E-state index >= 15 is 0 Å². The molecular formula is C13H17ClF2. The van der Waals surface area contributed by atoms with Crippen LogP contribution >= 0.6 is 11.6 Å². The quantitative estimate of drug-likeness (QED) is 0.659. The maximum Gasteiger partial charge on any atom is 0.130 e. The molecule has 0 aliphatic heterocycles. The van der Waals surface area contributed by atoms with Gasteiger partial charge in [0.15, 0.2) is 0 Å². The Morgan fingerprint density at radius 1 is 1.25 bits per heavy atom. The molecular weight excluding hydrogens is 230 g/mol. The van der Waals surface area contributed by atoms with Crippen LogP contribution in [0.3, 0.4) is 0 Å². The van der Waals surface area contributed by atoms with E-state index in [1.54, 1.807) is 6.92 Å². The lowest BCUT2D eigenvalue weighted by molar-refractivity contribution is 0.330. The molecule has 1 atom stereocenters. The minimum absolute atomic E-state index is 0.216. The Kier molecular flexibility index (Phi) is 3.95. The Balaban J connectivity index is 3.19. The summed E-state index contributed by atoms with van der Waals surface area (Å²) in [6.45, 7) is 7.57. The molecule has 0 N–H and O–H groups in total. The number of alkyl halides is 1. The second-order valence-corrected chi connectivity index (χ2v) is 5.26. The molecule has 3 heteroatoms. The van der Waals surface area contributed by atoms with E-state index in [2.05, 4.69) is 0 Å². The third kappa shape index (κ3) is 2.54. The molecule has 16 heavy (non-hydrogen) atoms. The monoisotopic (exact) mass is 246 g/mol. The van der Waals surface area contributed by atoms with Gasteiger partial charge in [-0.05, 0) is 30.4 Å². The smallest absolute Gasteiger partial charge is 0.130 e. The van der Waals surface area contributed by atoms with Gasteiger partial charge < -0.3 is 0 Å². The second-order valence-electron chi connectivity index (χ2n) is 4.83. The lowest BCUT2D eigenvalue weighted by Gasteiger charge is -2.29. The van der Waals surface area contributed by atoms with Gasteiger partial charge in [-0.25, -0.2) is 8.78 Å². The van der Waals surface area contributed by atoms with Crippen LogP contribution in [-0.2, 0) is 0 Å². The third-order valence-corrected chi connectivity index (χ3v) is 3.97. The van der Waals surface area contributed by atoms with Gasteiger partial charge in [0, 0.05) is 11.6 Å². The topological polar surface area (TPSA) is 0 Å². The molecule has 0 heterocycles. The van der Waals surface area contributed by atoms with Crippen molar-refractivity contribution in [1.82, 2.24) is 0 Å². The van der Waals surface area contributed by atoms with Gasteiger partial charge in [0.2, 0.25) is 0 Å². The Hall–Kier alpha value is -0.630. The van der Waals surface area contributed by atoms with Crippen molar-refractivity contribution in [2.24, 2.45) is 5.41 Å². The van der Waals surface area contributed by atoms with Crippen LogP contribution in [0.4, 0.5) is 8.78 Å². The second kappa shape index (κ2) is 4.70. The van der Waals surface area contributed by atoms with Crippen LogP contribution in [-0.4, -0.2) is 0 Å². The normalized spacial score (nSPS) is 13.9. The summed E-state index contributed by atoms with van der Waals surface area (Å²) in [7, 11) is 0. The first-order chi connectivity index (χ1) is 7.29. The zero-order chi connectivity index (χ0) is 12.5. The summed E-state index contributed by atoms with van der Waals surface area (Å²) in [4.78, 5) is 0. The highest BCUT2D eigenvalue weighted by Gasteiger charge is 2.29. The van der Waals surface area contributed by atoms with Crippen molar-refractivity contribution in [2.45, 2.75) is 39.5 Å². The SMILES string of the molecule is CCC(C)(C)C(Cl)c1cc(C)c(F)cc1F.